The molecule has 0 radical (unpaired) electrons. The summed E-state index contributed by atoms with van der Waals surface area (Å²) in [5, 5.41) is 15.2. The Kier molecular flexibility index (Phi) is 8.84. The average Bonchev–Trinajstić information content (AvgIpc) is 2.75. The molecule has 1 aromatic rings. The fraction of sp³-hybridized carbons (Fsp3) is 0.591. The highest BCUT2D eigenvalue weighted by Gasteiger charge is 2.39. The number of carbonyl (C=O) groups excluding carboxylic acids is 2. The number of hydrogen-bond donors (Lipinski definition) is 3. The van der Waals surface area contributed by atoms with Gasteiger partial charge in [0.05, 0.1) is 11.6 Å². The summed E-state index contributed by atoms with van der Waals surface area (Å²) in [6, 6.07) is 2.18. The topological polar surface area (TPSA) is 102 Å². The van der Waals surface area contributed by atoms with Crippen LogP contribution in [0.5, 0.6) is 0 Å². The molecule has 1 aliphatic rings. The summed E-state index contributed by atoms with van der Waals surface area (Å²) in [4.78, 5) is 40.5. The molecule has 1 aromatic carbocycles. The lowest BCUT2D eigenvalue weighted by molar-refractivity contribution is -0.155. The van der Waals surface area contributed by atoms with Crippen molar-refractivity contribution in [2.75, 3.05) is 26.7 Å². The number of piperazine rings is 1. The third-order valence-electron chi connectivity index (χ3n) is 5.78. The van der Waals surface area contributed by atoms with Crippen molar-refractivity contribution in [3.8, 4) is 0 Å². The number of alkyl halides is 3. The molecule has 0 spiro atoms. The number of rotatable bonds is 8. The molecule has 33 heavy (non-hydrogen) atoms. The molecule has 1 fully saturated rings. The van der Waals surface area contributed by atoms with E-state index in [-0.39, 0.29) is 31.5 Å². The SMILES string of the molecule is CN[C@@H](C)C(=O)N[C@H](C(=O)N1CCN(Cc2ccc(C(F)(F)F)cc2)C[C@H]1C(=O)O)C(C)C. The molecule has 184 valence electrons. The van der Waals surface area contributed by atoms with Crippen molar-refractivity contribution >= 4 is 17.8 Å². The van der Waals surface area contributed by atoms with Crippen molar-refractivity contribution in [3.63, 3.8) is 0 Å². The molecule has 8 nitrogen and oxygen atoms in total. The summed E-state index contributed by atoms with van der Waals surface area (Å²) in [5.74, 6) is -2.27. The van der Waals surface area contributed by atoms with E-state index >= 15 is 0 Å². The largest absolute Gasteiger partial charge is 0.480 e. The summed E-state index contributed by atoms with van der Waals surface area (Å²) in [6.45, 7) is 5.94. The van der Waals surface area contributed by atoms with Crippen molar-refractivity contribution in [2.45, 2.75) is 51.6 Å². The molecule has 1 saturated heterocycles. The molecule has 0 aromatic heterocycles. The van der Waals surface area contributed by atoms with Crippen LogP contribution < -0.4 is 10.6 Å². The molecule has 2 rings (SSSR count). The molecule has 0 aliphatic carbocycles. The van der Waals surface area contributed by atoms with Gasteiger partial charge in [-0.05, 0) is 37.6 Å². The summed E-state index contributed by atoms with van der Waals surface area (Å²) < 4.78 is 38.3. The molecular formula is C22H31F3N4O4. The van der Waals surface area contributed by atoms with Gasteiger partial charge in [0.25, 0.3) is 0 Å². The number of likely N-dealkylation sites (N-methyl/N-ethyl adjacent to an activating group) is 1. The maximum Gasteiger partial charge on any atom is 0.416 e. The summed E-state index contributed by atoms with van der Waals surface area (Å²) in [7, 11) is 1.62. The maximum atomic E-state index is 13.2. The van der Waals surface area contributed by atoms with E-state index in [0.717, 1.165) is 12.1 Å². The number of carbonyl (C=O) groups is 3. The van der Waals surface area contributed by atoms with Crippen LogP contribution in [0.4, 0.5) is 13.2 Å². The van der Waals surface area contributed by atoms with Crippen molar-refractivity contribution in [1.82, 2.24) is 20.4 Å². The number of carboxylic acids is 1. The second-order valence-corrected chi connectivity index (χ2v) is 8.56. The van der Waals surface area contributed by atoms with E-state index in [9.17, 15) is 32.7 Å². The molecule has 1 aliphatic heterocycles. The lowest BCUT2D eigenvalue weighted by atomic mass is 10.00. The third kappa shape index (κ3) is 6.91. The Labute approximate surface area is 191 Å². The second-order valence-electron chi connectivity index (χ2n) is 8.56. The highest BCUT2D eigenvalue weighted by Crippen LogP contribution is 2.29. The Balaban J connectivity index is 2.11. The van der Waals surface area contributed by atoms with Crippen molar-refractivity contribution in [1.29, 1.82) is 0 Å². The first kappa shape index (κ1) is 26.6. The monoisotopic (exact) mass is 472 g/mol. The number of benzene rings is 1. The molecule has 3 N–H and O–H groups in total. The number of halogens is 3. The first-order chi connectivity index (χ1) is 15.3. The van der Waals surface area contributed by atoms with Gasteiger partial charge in [0.15, 0.2) is 0 Å². The Hall–Kier alpha value is -2.66. The third-order valence-corrected chi connectivity index (χ3v) is 5.78. The van der Waals surface area contributed by atoms with E-state index in [2.05, 4.69) is 10.6 Å². The first-order valence-corrected chi connectivity index (χ1v) is 10.7. The van der Waals surface area contributed by atoms with Crippen LogP contribution in [0.25, 0.3) is 0 Å². The number of nitrogens with one attached hydrogen (secondary N) is 2. The zero-order valence-corrected chi connectivity index (χ0v) is 19.1. The Bertz CT molecular complexity index is 845. The zero-order valence-electron chi connectivity index (χ0n) is 19.1. The van der Waals surface area contributed by atoms with Gasteiger partial charge >= 0.3 is 12.1 Å². The van der Waals surface area contributed by atoms with Crippen molar-refractivity contribution < 1.29 is 32.7 Å². The van der Waals surface area contributed by atoms with E-state index in [1.165, 1.54) is 17.0 Å². The number of hydrogen-bond acceptors (Lipinski definition) is 5. The van der Waals surface area contributed by atoms with Gasteiger partial charge < -0.3 is 20.6 Å². The first-order valence-electron chi connectivity index (χ1n) is 10.7. The lowest BCUT2D eigenvalue weighted by Crippen LogP contribution is -2.63. The fourth-order valence-electron chi connectivity index (χ4n) is 3.62. The standard InChI is InChI=1S/C22H31F3N4O4/c1-13(2)18(27-19(30)14(3)26-4)20(31)29-10-9-28(12-17(29)21(32)33)11-15-5-7-16(8-6-15)22(23,24)25/h5-8,13-14,17-18,26H,9-12H2,1-4H3,(H,27,30)(H,32,33)/t14-,17-,18-/m0/s1. The lowest BCUT2D eigenvalue weighted by Gasteiger charge is -2.41. The van der Waals surface area contributed by atoms with Crippen LogP contribution in [0.2, 0.25) is 0 Å². The maximum absolute atomic E-state index is 13.2. The van der Waals surface area contributed by atoms with Crippen LogP contribution in [-0.2, 0) is 27.1 Å². The van der Waals surface area contributed by atoms with Gasteiger partial charge in [0, 0.05) is 26.2 Å². The van der Waals surface area contributed by atoms with Crippen LogP contribution >= 0.6 is 0 Å². The molecule has 0 bridgehead atoms. The smallest absolute Gasteiger partial charge is 0.416 e. The van der Waals surface area contributed by atoms with Crippen LogP contribution in [0.3, 0.4) is 0 Å². The minimum absolute atomic E-state index is 0.0216. The molecular weight excluding hydrogens is 441 g/mol. The highest BCUT2D eigenvalue weighted by atomic mass is 19.4. The fourth-order valence-corrected chi connectivity index (χ4v) is 3.62. The van der Waals surface area contributed by atoms with Gasteiger partial charge in [-0.25, -0.2) is 4.79 Å². The highest BCUT2D eigenvalue weighted by molar-refractivity contribution is 5.92. The molecule has 1 heterocycles. The molecule has 2 amide bonds. The number of nitrogens with zero attached hydrogens (tertiary/aromatic N) is 2. The van der Waals surface area contributed by atoms with Gasteiger partial charge in [-0.1, -0.05) is 26.0 Å². The molecule has 0 saturated carbocycles. The van der Waals surface area contributed by atoms with Gasteiger partial charge in [0.2, 0.25) is 11.8 Å². The number of amides is 2. The Morgan fingerprint density at radius 2 is 1.73 bits per heavy atom. The quantitative estimate of drug-likeness (QED) is 0.531. The van der Waals surface area contributed by atoms with E-state index in [1.54, 1.807) is 32.7 Å². The molecule has 11 heteroatoms. The average molecular weight is 473 g/mol. The summed E-state index contributed by atoms with van der Waals surface area (Å²) >= 11 is 0. The minimum atomic E-state index is -4.42. The normalized spacial score (nSPS) is 19.3. The van der Waals surface area contributed by atoms with E-state index in [1.807, 2.05) is 0 Å². The van der Waals surface area contributed by atoms with Crippen molar-refractivity contribution in [3.05, 3.63) is 35.4 Å². The predicted molar refractivity (Wildman–Crippen MR) is 115 cm³/mol. The van der Waals surface area contributed by atoms with Crippen LogP contribution in [0.15, 0.2) is 24.3 Å². The summed E-state index contributed by atoms with van der Waals surface area (Å²) in [5.41, 5.74) is -0.139. The molecule has 0 unspecified atom stereocenters. The number of aliphatic carboxylic acids is 1. The van der Waals surface area contributed by atoms with Crippen molar-refractivity contribution in [2.24, 2.45) is 5.92 Å². The van der Waals surface area contributed by atoms with Crippen LogP contribution in [0.1, 0.15) is 31.9 Å². The second kappa shape index (κ2) is 11.0. The van der Waals surface area contributed by atoms with Gasteiger partial charge in [-0.3, -0.25) is 14.5 Å². The van der Waals surface area contributed by atoms with E-state index in [4.69, 9.17) is 0 Å². The molecule has 3 atom stereocenters. The van der Waals surface area contributed by atoms with E-state index < -0.39 is 41.7 Å². The number of carboxylic acid groups (broad SMARTS) is 1. The van der Waals surface area contributed by atoms with Gasteiger partial charge in [0.1, 0.15) is 12.1 Å². The van der Waals surface area contributed by atoms with Crippen LogP contribution in [0, 0.1) is 5.92 Å². The summed E-state index contributed by atoms with van der Waals surface area (Å²) in [6.07, 6.45) is -4.42. The zero-order chi connectivity index (χ0) is 24.9. The van der Waals surface area contributed by atoms with E-state index in [0.29, 0.717) is 12.1 Å². The van der Waals surface area contributed by atoms with Gasteiger partial charge in [-0.2, -0.15) is 13.2 Å². The van der Waals surface area contributed by atoms with Crippen LogP contribution in [-0.4, -0.2) is 77.5 Å². The Morgan fingerprint density at radius 3 is 2.21 bits per heavy atom. The van der Waals surface area contributed by atoms with Gasteiger partial charge in [-0.15, -0.1) is 0 Å². The minimum Gasteiger partial charge on any atom is -0.480 e. The predicted octanol–water partition coefficient (Wildman–Crippen LogP) is 1.55. The Morgan fingerprint density at radius 1 is 1.12 bits per heavy atom.